The summed E-state index contributed by atoms with van der Waals surface area (Å²) in [5.41, 5.74) is 2.61. The molecule has 0 saturated carbocycles. The topological polar surface area (TPSA) is 113 Å². The molecule has 0 spiro atoms. The summed E-state index contributed by atoms with van der Waals surface area (Å²) in [4.78, 5) is 11.6. The Kier molecular flexibility index (Phi) is 4.03. The van der Waals surface area contributed by atoms with Crippen LogP contribution >= 0.6 is 0 Å². The quantitative estimate of drug-likeness (QED) is 0.441. The first-order chi connectivity index (χ1) is 9.04. The highest BCUT2D eigenvalue weighted by molar-refractivity contribution is 7.89. The van der Waals surface area contributed by atoms with Crippen LogP contribution in [0.1, 0.15) is 12.8 Å². The third kappa shape index (κ3) is 3.03. The lowest BCUT2D eigenvalue weighted by Gasteiger charge is -2.23. The van der Waals surface area contributed by atoms with Crippen LogP contribution in [-0.4, -0.2) is 26.9 Å². The van der Waals surface area contributed by atoms with Crippen molar-refractivity contribution in [3.63, 3.8) is 0 Å². The number of nitrogens with two attached hydrogens (primary N) is 1. The lowest BCUT2D eigenvalue weighted by Crippen LogP contribution is -2.50. The van der Waals surface area contributed by atoms with E-state index in [1.807, 2.05) is 0 Å². The second kappa shape index (κ2) is 5.55. The zero-order valence-corrected chi connectivity index (χ0v) is 11.0. The fraction of sp³-hybridized carbons (Fsp3) is 0.364. The lowest BCUT2D eigenvalue weighted by molar-refractivity contribution is -0.124. The molecule has 1 unspecified atom stereocenters. The molecule has 0 aromatic heterocycles. The highest BCUT2D eigenvalue weighted by atomic mass is 32.2. The highest BCUT2D eigenvalue weighted by Crippen LogP contribution is 2.20. The second-order valence-corrected chi connectivity index (χ2v) is 5.93. The van der Waals surface area contributed by atoms with Gasteiger partial charge in [-0.05, 0) is 25.0 Å². The summed E-state index contributed by atoms with van der Waals surface area (Å²) < 4.78 is 26.9. The van der Waals surface area contributed by atoms with Gasteiger partial charge in [0, 0.05) is 6.54 Å². The van der Waals surface area contributed by atoms with E-state index in [1.54, 1.807) is 18.2 Å². The normalized spacial score (nSPS) is 19.8. The van der Waals surface area contributed by atoms with Crippen molar-refractivity contribution in [1.82, 2.24) is 10.0 Å². The minimum atomic E-state index is -3.79. The van der Waals surface area contributed by atoms with E-state index in [1.165, 1.54) is 6.07 Å². The van der Waals surface area contributed by atoms with Gasteiger partial charge in [0.05, 0.1) is 5.69 Å². The van der Waals surface area contributed by atoms with Gasteiger partial charge in [-0.15, -0.1) is 0 Å². The average Bonchev–Trinajstić information content (AvgIpc) is 2.41. The van der Waals surface area contributed by atoms with Crippen LogP contribution in [0.3, 0.4) is 0 Å². The number of anilines is 1. The van der Waals surface area contributed by atoms with Crippen LogP contribution in [0.5, 0.6) is 0 Å². The van der Waals surface area contributed by atoms with Crippen LogP contribution in [0.2, 0.25) is 0 Å². The SMILES string of the molecule is NNc1ccccc1S(=O)(=O)NC1CCCNC1=O. The van der Waals surface area contributed by atoms with Gasteiger partial charge in [-0.1, -0.05) is 12.1 Å². The number of amides is 1. The van der Waals surface area contributed by atoms with Crippen molar-refractivity contribution in [2.24, 2.45) is 5.84 Å². The molecule has 7 nitrogen and oxygen atoms in total. The molecule has 1 aliphatic rings. The van der Waals surface area contributed by atoms with E-state index in [0.717, 1.165) is 6.42 Å². The molecular formula is C11H16N4O3S. The van der Waals surface area contributed by atoms with Crippen molar-refractivity contribution < 1.29 is 13.2 Å². The number of piperidine rings is 1. The summed E-state index contributed by atoms with van der Waals surface area (Å²) in [6, 6.07) is 5.51. The van der Waals surface area contributed by atoms with Crippen LogP contribution in [0.4, 0.5) is 5.69 Å². The maximum Gasteiger partial charge on any atom is 0.243 e. The first-order valence-electron chi connectivity index (χ1n) is 5.90. The van der Waals surface area contributed by atoms with Crippen LogP contribution < -0.4 is 21.3 Å². The fourth-order valence-corrected chi connectivity index (χ4v) is 3.36. The maximum atomic E-state index is 12.2. The minimum absolute atomic E-state index is 0.0240. The summed E-state index contributed by atoms with van der Waals surface area (Å²) in [7, 11) is -3.79. The summed E-state index contributed by atoms with van der Waals surface area (Å²) in [6.45, 7) is 0.581. The molecule has 19 heavy (non-hydrogen) atoms. The zero-order chi connectivity index (χ0) is 13.9. The number of hydrogen-bond acceptors (Lipinski definition) is 5. The van der Waals surface area contributed by atoms with Crippen molar-refractivity contribution >= 4 is 21.6 Å². The number of sulfonamides is 1. The Bertz CT molecular complexity index is 573. The Morgan fingerprint density at radius 1 is 1.32 bits per heavy atom. The van der Waals surface area contributed by atoms with Gasteiger partial charge < -0.3 is 10.7 Å². The second-order valence-electron chi connectivity index (χ2n) is 4.25. The predicted molar refractivity (Wildman–Crippen MR) is 70.6 cm³/mol. The first-order valence-corrected chi connectivity index (χ1v) is 7.38. The summed E-state index contributed by atoms with van der Waals surface area (Å²) in [6.07, 6.45) is 1.24. The molecule has 0 bridgehead atoms. The van der Waals surface area contributed by atoms with Crippen molar-refractivity contribution in [2.45, 2.75) is 23.8 Å². The number of hydrazine groups is 1. The maximum absolute atomic E-state index is 12.2. The molecule has 0 aliphatic carbocycles. The van der Waals surface area contributed by atoms with Gasteiger partial charge in [0.15, 0.2) is 0 Å². The van der Waals surface area contributed by atoms with E-state index in [0.29, 0.717) is 13.0 Å². The molecular weight excluding hydrogens is 268 g/mol. The molecule has 5 N–H and O–H groups in total. The number of carbonyl (C=O) groups is 1. The van der Waals surface area contributed by atoms with E-state index in [-0.39, 0.29) is 16.5 Å². The zero-order valence-electron chi connectivity index (χ0n) is 10.2. The molecule has 1 fully saturated rings. The van der Waals surface area contributed by atoms with Crippen LogP contribution in [0.15, 0.2) is 29.2 Å². The summed E-state index contributed by atoms with van der Waals surface area (Å²) >= 11 is 0. The molecule has 1 heterocycles. The Hall–Kier alpha value is -1.64. The molecule has 1 aromatic carbocycles. The van der Waals surface area contributed by atoms with E-state index in [4.69, 9.17) is 5.84 Å². The predicted octanol–water partition coefficient (Wildman–Crippen LogP) is -0.471. The molecule has 8 heteroatoms. The van der Waals surface area contributed by atoms with E-state index < -0.39 is 16.1 Å². The van der Waals surface area contributed by atoms with Gasteiger partial charge in [-0.2, -0.15) is 4.72 Å². The standard InChI is InChI=1S/C11H16N4O3S/c12-14-8-4-1-2-6-10(8)19(17,18)15-9-5-3-7-13-11(9)16/h1-2,4,6,9,14-15H,3,5,7,12H2,(H,13,16). The molecule has 1 aromatic rings. The van der Waals surface area contributed by atoms with Gasteiger partial charge in [-0.3, -0.25) is 10.6 Å². The number of nitrogen functional groups attached to an aromatic ring is 1. The first kappa shape index (κ1) is 13.8. The van der Waals surface area contributed by atoms with Gasteiger partial charge in [0.25, 0.3) is 0 Å². The Labute approximate surface area is 111 Å². The van der Waals surface area contributed by atoms with Gasteiger partial charge in [0.1, 0.15) is 10.9 Å². The van der Waals surface area contributed by atoms with Gasteiger partial charge >= 0.3 is 0 Å². The van der Waals surface area contributed by atoms with E-state index in [9.17, 15) is 13.2 Å². The molecule has 1 amide bonds. The van der Waals surface area contributed by atoms with E-state index >= 15 is 0 Å². The Balaban J connectivity index is 2.24. The monoisotopic (exact) mass is 284 g/mol. The van der Waals surface area contributed by atoms with E-state index in [2.05, 4.69) is 15.5 Å². The highest BCUT2D eigenvalue weighted by Gasteiger charge is 2.28. The molecule has 1 aliphatic heterocycles. The fourth-order valence-electron chi connectivity index (χ4n) is 1.96. The number of hydrogen-bond donors (Lipinski definition) is 4. The third-order valence-electron chi connectivity index (χ3n) is 2.91. The molecule has 1 saturated heterocycles. The lowest BCUT2D eigenvalue weighted by atomic mass is 10.1. The smallest absolute Gasteiger partial charge is 0.243 e. The minimum Gasteiger partial charge on any atom is -0.355 e. The summed E-state index contributed by atoms with van der Waals surface area (Å²) in [5.74, 6) is 4.99. The molecule has 1 atom stereocenters. The summed E-state index contributed by atoms with van der Waals surface area (Å²) in [5, 5.41) is 2.63. The number of nitrogens with one attached hydrogen (secondary N) is 3. The van der Waals surface area contributed by atoms with Crippen LogP contribution in [-0.2, 0) is 14.8 Å². The van der Waals surface area contributed by atoms with Crippen molar-refractivity contribution in [1.29, 1.82) is 0 Å². The number of para-hydroxylation sites is 1. The van der Waals surface area contributed by atoms with Crippen LogP contribution in [0, 0.1) is 0 Å². The van der Waals surface area contributed by atoms with Crippen molar-refractivity contribution in [2.75, 3.05) is 12.0 Å². The Morgan fingerprint density at radius 3 is 2.74 bits per heavy atom. The van der Waals surface area contributed by atoms with Gasteiger partial charge in [-0.25, -0.2) is 8.42 Å². The van der Waals surface area contributed by atoms with Crippen LogP contribution in [0.25, 0.3) is 0 Å². The number of rotatable bonds is 4. The number of carbonyl (C=O) groups excluding carboxylic acids is 1. The molecule has 2 rings (SSSR count). The molecule has 104 valence electrons. The number of benzene rings is 1. The van der Waals surface area contributed by atoms with Crippen molar-refractivity contribution in [3.05, 3.63) is 24.3 Å². The Morgan fingerprint density at radius 2 is 2.05 bits per heavy atom. The average molecular weight is 284 g/mol. The van der Waals surface area contributed by atoms with Crippen molar-refractivity contribution in [3.8, 4) is 0 Å². The largest absolute Gasteiger partial charge is 0.355 e. The molecule has 0 radical (unpaired) electrons. The third-order valence-corrected chi connectivity index (χ3v) is 4.44. The van der Waals surface area contributed by atoms with Gasteiger partial charge in [0.2, 0.25) is 15.9 Å².